The summed E-state index contributed by atoms with van der Waals surface area (Å²) in [5.41, 5.74) is 1.46. The summed E-state index contributed by atoms with van der Waals surface area (Å²) in [6.45, 7) is 1.48. The molecule has 1 aromatic carbocycles. The number of hydrogen-bond donors (Lipinski definition) is 0. The van der Waals surface area contributed by atoms with Crippen molar-refractivity contribution in [3.63, 3.8) is 0 Å². The van der Waals surface area contributed by atoms with Gasteiger partial charge in [0.25, 0.3) is 5.91 Å². The van der Waals surface area contributed by atoms with Gasteiger partial charge in [-0.05, 0) is 12.1 Å². The van der Waals surface area contributed by atoms with Gasteiger partial charge in [0, 0.05) is 32.3 Å². The molecular weight excluding hydrogens is 290 g/mol. The highest BCUT2D eigenvalue weighted by Crippen LogP contribution is 2.10. The van der Waals surface area contributed by atoms with Gasteiger partial charge >= 0.3 is 0 Å². The van der Waals surface area contributed by atoms with E-state index in [0.29, 0.717) is 31.1 Å². The second-order valence-electron chi connectivity index (χ2n) is 4.48. The van der Waals surface area contributed by atoms with Crippen LogP contribution in [0.3, 0.4) is 0 Å². The minimum Gasteiger partial charge on any atom is -0.383 e. The van der Waals surface area contributed by atoms with E-state index in [1.54, 1.807) is 29.1 Å². The maximum Gasteiger partial charge on any atom is 0.257 e. The Balaban J connectivity index is 2.13. The molecule has 6 heteroatoms. The van der Waals surface area contributed by atoms with Crippen LogP contribution in [0.5, 0.6) is 0 Å². The Morgan fingerprint density at radius 2 is 2.10 bits per heavy atom. The molecule has 0 bridgehead atoms. The molecule has 0 N–H and O–H groups in total. The van der Waals surface area contributed by atoms with Gasteiger partial charge in [0.2, 0.25) is 0 Å². The molecule has 0 spiro atoms. The van der Waals surface area contributed by atoms with Crippen molar-refractivity contribution < 1.29 is 9.53 Å². The number of alkyl halides is 1. The molecule has 0 aliphatic carbocycles. The molecule has 5 nitrogen and oxygen atoms in total. The number of halogens is 1. The van der Waals surface area contributed by atoms with Gasteiger partial charge in [-0.2, -0.15) is 5.10 Å². The first-order valence-corrected chi connectivity index (χ1v) is 7.24. The predicted octanol–water partition coefficient (Wildman–Crippen LogP) is 2.20. The largest absolute Gasteiger partial charge is 0.383 e. The van der Waals surface area contributed by atoms with Crippen molar-refractivity contribution in [2.24, 2.45) is 0 Å². The number of carbonyl (C=O) groups excluding carboxylic acids is 1. The number of methoxy groups -OCH3 is 1. The lowest BCUT2D eigenvalue weighted by Crippen LogP contribution is -2.35. The number of benzene rings is 1. The average Bonchev–Trinajstić information content (AvgIpc) is 3.01. The van der Waals surface area contributed by atoms with E-state index in [1.807, 2.05) is 30.3 Å². The molecule has 0 saturated carbocycles. The number of carbonyl (C=O) groups is 1. The van der Waals surface area contributed by atoms with Gasteiger partial charge in [-0.3, -0.25) is 4.79 Å². The quantitative estimate of drug-likeness (QED) is 0.737. The molecule has 112 valence electrons. The van der Waals surface area contributed by atoms with Crippen molar-refractivity contribution in [1.29, 1.82) is 0 Å². The number of aromatic nitrogens is 2. The Bertz CT molecular complexity index is 571. The van der Waals surface area contributed by atoms with Crippen LogP contribution in [0.4, 0.5) is 0 Å². The molecule has 0 fully saturated rings. The van der Waals surface area contributed by atoms with E-state index >= 15 is 0 Å². The summed E-state index contributed by atoms with van der Waals surface area (Å²) in [4.78, 5) is 14.1. The summed E-state index contributed by atoms with van der Waals surface area (Å²) in [6.07, 6.45) is 3.30. The van der Waals surface area contributed by atoms with E-state index in [9.17, 15) is 4.79 Å². The van der Waals surface area contributed by atoms with Crippen molar-refractivity contribution in [2.45, 2.75) is 0 Å². The lowest BCUT2D eigenvalue weighted by atomic mass is 10.3. The van der Waals surface area contributed by atoms with Crippen LogP contribution >= 0.6 is 11.6 Å². The van der Waals surface area contributed by atoms with E-state index in [1.165, 1.54) is 0 Å². The summed E-state index contributed by atoms with van der Waals surface area (Å²) in [5.74, 6) is 0.303. The number of rotatable bonds is 7. The Labute approximate surface area is 129 Å². The monoisotopic (exact) mass is 307 g/mol. The predicted molar refractivity (Wildman–Crippen MR) is 82.1 cm³/mol. The summed E-state index contributed by atoms with van der Waals surface area (Å²) < 4.78 is 6.70. The lowest BCUT2D eigenvalue weighted by molar-refractivity contribution is 0.0708. The second kappa shape index (κ2) is 7.81. The summed E-state index contributed by atoms with van der Waals surface area (Å²) in [5, 5.41) is 4.24. The maximum absolute atomic E-state index is 12.4. The van der Waals surface area contributed by atoms with Gasteiger partial charge in [0.05, 0.1) is 24.1 Å². The number of amides is 1. The minimum absolute atomic E-state index is 0.0881. The fraction of sp³-hybridized carbons (Fsp3) is 0.333. The molecular formula is C15H18ClN3O2. The molecule has 2 rings (SSSR count). The van der Waals surface area contributed by atoms with Crippen LogP contribution in [0.15, 0.2) is 42.7 Å². The normalized spacial score (nSPS) is 10.6. The molecule has 0 radical (unpaired) electrons. The summed E-state index contributed by atoms with van der Waals surface area (Å²) in [7, 11) is 1.61. The van der Waals surface area contributed by atoms with Crippen LogP contribution in [0.2, 0.25) is 0 Å². The van der Waals surface area contributed by atoms with E-state index in [2.05, 4.69) is 5.10 Å². The number of para-hydroxylation sites is 1. The zero-order chi connectivity index (χ0) is 15.1. The number of nitrogens with zero attached hydrogens (tertiary/aromatic N) is 3. The van der Waals surface area contributed by atoms with Crippen molar-refractivity contribution in [2.75, 3.05) is 32.7 Å². The molecule has 1 amide bonds. The Kier molecular flexibility index (Phi) is 5.78. The van der Waals surface area contributed by atoms with Crippen LogP contribution < -0.4 is 0 Å². The molecule has 1 heterocycles. The highest BCUT2D eigenvalue weighted by atomic mass is 35.5. The van der Waals surface area contributed by atoms with Gasteiger partial charge < -0.3 is 9.64 Å². The average molecular weight is 308 g/mol. The van der Waals surface area contributed by atoms with Crippen LogP contribution in [-0.4, -0.2) is 53.3 Å². The van der Waals surface area contributed by atoms with Crippen molar-refractivity contribution in [3.8, 4) is 5.69 Å². The van der Waals surface area contributed by atoms with Crippen LogP contribution in [-0.2, 0) is 4.74 Å². The van der Waals surface area contributed by atoms with E-state index in [4.69, 9.17) is 16.3 Å². The first-order valence-electron chi connectivity index (χ1n) is 6.70. The van der Waals surface area contributed by atoms with Gasteiger partial charge in [-0.15, -0.1) is 11.6 Å². The van der Waals surface area contributed by atoms with Crippen LogP contribution in [0.1, 0.15) is 10.4 Å². The maximum atomic E-state index is 12.4. The molecule has 0 aliphatic heterocycles. The third-order valence-electron chi connectivity index (χ3n) is 3.06. The molecule has 0 aliphatic rings. The molecule has 2 aromatic rings. The third-order valence-corrected chi connectivity index (χ3v) is 3.23. The van der Waals surface area contributed by atoms with E-state index in [-0.39, 0.29) is 5.91 Å². The van der Waals surface area contributed by atoms with Crippen molar-refractivity contribution in [3.05, 3.63) is 48.3 Å². The molecule has 21 heavy (non-hydrogen) atoms. The highest BCUT2D eigenvalue weighted by Gasteiger charge is 2.17. The van der Waals surface area contributed by atoms with E-state index < -0.39 is 0 Å². The number of ether oxygens (including phenoxy) is 1. The lowest BCUT2D eigenvalue weighted by Gasteiger charge is -2.20. The van der Waals surface area contributed by atoms with Crippen LogP contribution in [0.25, 0.3) is 5.69 Å². The molecule has 1 aromatic heterocycles. The fourth-order valence-electron chi connectivity index (χ4n) is 1.96. The first-order chi connectivity index (χ1) is 10.3. The van der Waals surface area contributed by atoms with Gasteiger partial charge in [-0.25, -0.2) is 4.68 Å². The topological polar surface area (TPSA) is 47.4 Å². The van der Waals surface area contributed by atoms with Crippen molar-refractivity contribution >= 4 is 17.5 Å². The summed E-state index contributed by atoms with van der Waals surface area (Å²) in [6, 6.07) is 9.66. The third kappa shape index (κ3) is 4.06. The zero-order valence-corrected chi connectivity index (χ0v) is 12.7. The minimum atomic E-state index is -0.0881. The fourth-order valence-corrected chi connectivity index (χ4v) is 2.16. The van der Waals surface area contributed by atoms with Crippen LogP contribution in [0, 0.1) is 0 Å². The standard InChI is InChI=1S/C15H18ClN3O2/c1-21-10-9-18(8-7-16)15(20)13-11-17-19(12-13)14-5-3-2-4-6-14/h2-6,11-12H,7-10H2,1H3. The van der Waals surface area contributed by atoms with Gasteiger partial charge in [0.15, 0.2) is 0 Å². The van der Waals surface area contributed by atoms with Crippen molar-refractivity contribution in [1.82, 2.24) is 14.7 Å². The smallest absolute Gasteiger partial charge is 0.257 e. The first kappa shape index (κ1) is 15.5. The second-order valence-corrected chi connectivity index (χ2v) is 4.86. The Hall–Kier alpha value is -1.85. The zero-order valence-electron chi connectivity index (χ0n) is 11.9. The van der Waals surface area contributed by atoms with Gasteiger partial charge in [0.1, 0.15) is 0 Å². The highest BCUT2D eigenvalue weighted by molar-refractivity contribution is 6.18. The molecule has 0 unspecified atom stereocenters. The molecule has 0 saturated heterocycles. The Morgan fingerprint density at radius 3 is 2.76 bits per heavy atom. The van der Waals surface area contributed by atoms with E-state index in [0.717, 1.165) is 5.69 Å². The Morgan fingerprint density at radius 1 is 1.33 bits per heavy atom. The molecule has 0 atom stereocenters. The van der Waals surface area contributed by atoms with Gasteiger partial charge in [-0.1, -0.05) is 18.2 Å². The SMILES string of the molecule is COCCN(CCCl)C(=O)c1cnn(-c2ccccc2)c1. The summed E-state index contributed by atoms with van der Waals surface area (Å²) >= 11 is 5.75. The number of hydrogen-bond acceptors (Lipinski definition) is 3.